The number of nitrogens with zero attached hydrogens (tertiary/aromatic N) is 2. The van der Waals surface area contributed by atoms with Crippen LogP contribution in [-0.4, -0.2) is 35.8 Å². The first kappa shape index (κ1) is 10.2. The van der Waals surface area contributed by atoms with E-state index in [0.29, 0.717) is 0 Å². The lowest BCUT2D eigenvalue weighted by molar-refractivity contribution is 0.0822. The van der Waals surface area contributed by atoms with Crippen molar-refractivity contribution in [1.29, 1.82) is 0 Å². The molecule has 0 radical (unpaired) electrons. The SMILES string of the molecule is CN(C)C(=O)c1cccc(C(N)=O)n1. The average Bonchev–Trinajstić information content (AvgIpc) is 2.16. The van der Waals surface area contributed by atoms with Crippen molar-refractivity contribution in [2.24, 2.45) is 5.73 Å². The number of aromatic nitrogens is 1. The van der Waals surface area contributed by atoms with Crippen LogP contribution in [0.1, 0.15) is 21.0 Å². The van der Waals surface area contributed by atoms with E-state index in [1.54, 1.807) is 20.2 Å². The first-order valence-corrected chi connectivity index (χ1v) is 4.01. The summed E-state index contributed by atoms with van der Waals surface area (Å²) in [6, 6.07) is 4.58. The van der Waals surface area contributed by atoms with Gasteiger partial charge in [-0.05, 0) is 12.1 Å². The first-order chi connectivity index (χ1) is 6.52. The Hall–Kier alpha value is -1.91. The van der Waals surface area contributed by atoms with E-state index in [-0.39, 0.29) is 17.3 Å². The molecule has 14 heavy (non-hydrogen) atoms. The molecule has 5 nitrogen and oxygen atoms in total. The van der Waals surface area contributed by atoms with Crippen molar-refractivity contribution in [3.8, 4) is 0 Å². The van der Waals surface area contributed by atoms with Crippen LogP contribution in [0.25, 0.3) is 0 Å². The predicted molar refractivity (Wildman–Crippen MR) is 50.8 cm³/mol. The number of primary amides is 1. The van der Waals surface area contributed by atoms with Crippen molar-refractivity contribution < 1.29 is 9.59 Å². The maximum absolute atomic E-state index is 11.4. The minimum absolute atomic E-state index is 0.0951. The maximum atomic E-state index is 11.4. The number of carbonyl (C=O) groups is 2. The highest BCUT2D eigenvalue weighted by Crippen LogP contribution is 2.01. The van der Waals surface area contributed by atoms with Crippen molar-refractivity contribution in [2.45, 2.75) is 0 Å². The number of hydrogen-bond donors (Lipinski definition) is 1. The standard InChI is InChI=1S/C9H11N3O2/c1-12(2)9(14)7-5-3-4-6(11-7)8(10)13/h3-5H,1-2H3,(H2,10,13). The zero-order valence-corrected chi connectivity index (χ0v) is 8.02. The Morgan fingerprint density at radius 3 is 2.36 bits per heavy atom. The third-order valence-electron chi connectivity index (χ3n) is 1.63. The lowest BCUT2D eigenvalue weighted by Gasteiger charge is -2.09. The number of nitrogens with two attached hydrogens (primary N) is 1. The number of hydrogen-bond acceptors (Lipinski definition) is 3. The van der Waals surface area contributed by atoms with Crippen molar-refractivity contribution >= 4 is 11.8 Å². The summed E-state index contributed by atoms with van der Waals surface area (Å²) in [5, 5.41) is 0. The molecule has 2 amide bonds. The van der Waals surface area contributed by atoms with Crippen LogP contribution in [0.2, 0.25) is 0 Å². The fourth-order valence-electron chi connectivity index (χ4n) is 0.920. The molecule has 0 fully saturated rings. The molecular weight excluding hydrogens is 182 g/mol. The Kier molecular flexibility index (Phi) is 2.81. The van der Waals surface area contributed by atoms with Gasteiger partial charge in [0.05, 0.1) is 0 Å². The van der Waals surface area contributed by atoms with E-state index in [4.69, 9.17) is 5.73 Å². The van der Waals surface area contributed by atoms with Crippen LogP contribution in [0.5, 0.6) is 0 Å². The number of amides is 2. The fourth-order valence-corrected chi connectivity index (χ4v) is 0.920. The molecule has 1 rings (SSSR count). The average molecular weight is 193 g/mol. The van der Waals surface area contributed by atoms with E-state index in [9.17, 15) is 9.59 Å². The van der Waals surface area contributed by atoms with Gasteiger partial charge in [-0.15, -0.1) is 0 Å². The van der Waals surface area contributed by atoms with Crippen LogP contribution < -0.4 is 5.73 Å². The summed E-state index contributed by atoms with van der Waals surface area (Å²) >= 11 is 0. The fraction of sp³-hybridized carbons (Fsp3) is 0.222. The van der Waals surface area contributed by atoms with Crippen LogP contribution in [0.3, 0.4) is 0 Å². The zero-order valence-electron chi connectivity index (χ0n) is 8.02. The van der Waals surface area contributed by atoms with Gasteiger partial charge in [0.15, 0.2) is 0 Å². The monoisotopic (exact) mass is 193 g/mol. The van der Waals surface area contributed by atoms with Crippen LogP contribution in [-0.2, 0) is 0 Å². The van der Waals surface area contributed by atoms with E-state index < -0.39 is 5.91 Å². The number of pyridine rings is 1. The molecule has 0 unspecified atom stereocenters. The summed E-state index contributed by atoms with van der Waals surface area (Å²) in [7, 11) is 3.22. The van der Waals surface area contributed by atoms with Crippen LogP contribution in [0.15, 0.2) is 18.2 Å². The lowest BCUT2D eigenvalue weighted by Crippen LogP contribution is -2.24. The molecule has 0 aliphatic carbocycles. The molecule has 2 N–H and O–H groups in total. The smallest absolute Gasteiger partial charge is 0.271 e. The summed E-state index contributed by atoms with van der Waals surface area (Å²) in [6.45, 7) is 0. The highest BCUT2D eigenvalue weighted by molar-refractivity contribution is 5.95. The Bertz CT molecular complexity index is 374. The number of rotatable bonds is 2. The van der Waals surface area contributed by atoms with Gasteiger partial charge in [-0.3, -0.25) is 9.59 Å². The summed E-state index contributed by atoms with van der Waals surface area (Å²) in [5.41, 5.74) is 5.34. The third-order valence-corrected chi connectivity index (χ3v) is 1.63. The van der Waals surface area contributed by atoms with Gasteiger partial charge in [0.2, 0.25) is 0 Å². The molecular formula is C9H11N3O2. The molecule has 0 spiro atoms. The number of carbonyl (C=O) groups excluding carboxylic acids is 2. The van der Waals surface area contributed by atoms with E-state index in [0.717, 1.165) is 0 Å². The quantitative estimate of drug-likeness (QED) is 0.711. The Morgan fingerprint density at radius 2 is 1.86 bits per heavy atom. The summed E-state index contributed by atoms with van der Waals surface area (Å²) in [4.78, 5) is 27.4. The molecule has 0 aliphatic heterocycles. The second-order valence-corrected chi connectivity index (χ2v) is 2.97. The van der Waals surface area contributed by atoms with Gasteiger partial charge in [0.25, 0.3) is 11.8 Å². The molecule has 1 aromatic heterocycles. The van der Waals surface area contributed by atoms with Crippen molar-refractivity contribution in [3.05, 3.63) is 29.6 Å². The molecule has 0 saturated heterocycles. The van der Waals surface area contributed by atoms with Gasteiger partial charge in [0.1, 0.15) is 11.4 Å². The topological polar surface area (TPSA) is 76.3 Å². The van der Waals surface area contributed by atoms with Gasteiger partial charge in [-0.25, -0.2) is 4.98 Å². The highest BCUT2D eigenvalue weighted by atomic mass is 16.2. The van der Waals surface area contributed by atoms with Crippen LogP contribution >= 0.6 is 0 Å². The highest BCUT2D eigenvalue weighted by Gasteiger charge is 2.11. The van der Waals surface area contributed by atoms with Gasteiger partial charge >= 0.3 is 0 Å². The minimum atomic E-state index is -0.640. The van der Waals surface area contributed by atoms with E-state index in [1.165, 1.54) is 17.0 Å². The molecule has 1 heterocycles. The first-order valence-electron chi connectivity index (χ1n) is 4.01. The van der Waals surface area contributed by atoms with Gasteiger partial charge in [0, 0.05) is 14.1 Å². The molecule has 0 aliphatic rings. The minimum Gasteiger partial charge on any atom is -0.364 e. The van der Waals surface area contributed by atoms with E-state index in [2.05, 4.69) is 4.98 Å². The lowest BCUT2D eigenvalue weighted by atomic mass is 10.3. The summed E-state index contributed by atoms with van der Waals surface area (Å²) in [6.07, 6.45) is 0. The molecule has 0 saturated carbocycles. The Balaban J connectivity index is 3.06. The second-order valence-electron chi connectivity index (χ2n) is 2.97. The van der Waals surface area contributed by atoms with Gasteiger partial charge in [-0.2, -0.15) is 0 Å². The third kappa shape index (κ3) is 2.07. The van der Waals surface area contributed by atoms with E-state index in [1.807, 2.05) is 0 Å². The predicted octanol–water partition coefficient (Wildman–Crippen LogP) is -0.118. The molecule has 1 aromatic rings. The summed E-state index contributed by atoms with van der Waals surface area (Å²) in [5.74, 6) is -0.897. The van der Waals surface area contributed by atoms with Crippen molar-refractivity contribution in [1.82, 2.24) is 9.88 Å². The summed E-state index contributed by atoms with van der Waals surface area (Å²) < 4.78 is 0. The Morgan fingerprint density at radius 1 is 1.29 bits per heavy atom. The van der Waals surface area contributed by atoms with Crippen molar-refractivity contribution in [3.63, 3.8) is 0 Å². The molecule has 0 bridgehead atoms. The maximum Gasteiger partial charge on any atom is 0.271 e. The van der Waals surface area contributed by atoms with Crippen LogP contribution in [0, 0.1) is 0 Å². The Labute approximate surface area is 81.5 Å². The molecule has 74 valence electrons. The largest absolute Gasteiger partial charge is 0.364 e. The van der Waals surface area contributed by atoms with Gasteiger partial charge < -0.3 is 10.6 Å². The van der Waals surface area contributed by atoms with E-state index >= 15 is 0 Å². The van der Waals surface area contributed by atoms with Crippen LogP contribution in [0.4, 0.5) is 0 Å². The second kappa shape index (κ2) is 3.87. The van der Waals surface area contributed by atoms with Gasteiger partial charge in [-0.1, -0.05) is 6.07 Å². The molecule has 0 atom stereocenters. The van der Waals surface area contributed by atoms with Crippen molar-refractivity contribution in [2.75, 3.05) is 14.1 Å². The molecule has 0 aromatic carbocycles. The normalized spacial score (nSPS) is 9.57. The zero-order chi connectivity index (χ0) is 10.7. The molecule has 5 heteroatoms.